The fraction of sp³-hybridized carbons (Fsp3) is 0.800. The predicted octanol–water partition coefficient (Wildman–Crippen LogP) is 3.41. The van der Waals surface area contributed by atoms with E-state index in [-0.39, 0.29) is 0 Å². The number of piperazine rings is 1. The SMILES string of the molecule is CCCCCCCc1csc(N2CCN(C)CC2)n1. The molecule has 1 saturated heterocycles. The molecule has 0 aromatic carbocycles. The second-order valence-corrected chi connectivity index (χ2v) is 6.41. The number of anilines is 1. The molecule has 2 rings (SSSR count). The number of nitrogens with zero attached hydrogens (tertiary/aromatic N) is 3. The van der Waals surface area contributed by atoms with Crippen molar-refractivity contribution < 1.29 is 0 Å². The Kier molecular flexibility index (Phi) is 6.11. The Morgan fingerprint density at radius 1 is 1.11 bits per heavy atom. The molecule has 108 valence electrons. The first-order chi connectivity index (χ1) is 9.29. The van der Waals surface area contributed by atoms with Crippen LogP contribution in [0.4, 0.5) is 5.13 Å². The van der Waals surface area contributed by atoms with Gasteiger partial charge in [-0.15, -0.1) is 11.3 Å². The minimum atomic E-state index is 1.12. The van der Waals surface area contributed by atoms with E-state index in [1.807, 2.05) is 11.3 Å². The van der Waals surface area contributed by atoms with E-state index in [1.54, 1.807) is 0 Å². The van der Waals surface area contributed by atoms with Crippen molar-refractivity contribution in [3.8, 4) is 0 Å². The molecule has 1 aliphatic heterocycles. The highest BCUT2D eigenvalue weighted by molar-refractivity contribution is 7.13. The number of rotatable bonds is 7. The average molecular weight is 281 g/mol. The van der Waals surface area contributed by atoms with Crippen molar-refractivity contribution in [1.82, 2.24) is 9.88 Å². The molecule has 2 heterocycles. The van der Waals surface area contributed by atoms with Gasteiger partial charge in [0, 0.05) is 31.6 Å². The third-order valence-corrected chi connectivity index (χ3v) is 4.80. The van der Waals surface area contributed by atoms with Gasteiger partial charge in [-0.3, -0.25) is 0 Å². The molecule has 1 aliphatic rings. The molecule has 0 unspecified atom stereocenters. The summed E-state index contributed by atoms with van der Waals surface area (Å²) in [5, 5.41) is 3.49. The molecular weight excluding hydrogens is 254 g/mol. The van der Waals surface area contributed by atoms with Crippen molar-refractivity contribution in [1.29, 1.82) is 0 Å². The summed E-state index contributed by atoms with van der Waals surface area (Å²) < 4.78 is 0. The van der Waals surface area contributed by atoms with Gasteiger partial charge in [0.2, 0.25) is 0 Å². The molecular formula is C15H27N3S. The number of hydrogen-bond donors (Lipinski definition) is 0. The molecule has 1 aromatic rings. The first-order valence-electron chi connectivity index (χ1n) is 7.67. The second-order valence-electron chi connectivity index (χ2n) is 5.58. The topological polar surface area (TPSA) is 19.4 Å². The Morgan fingerprint density at radius 2 is 1.84 bits per heavy atom. The van der Waals surface area contributed by atoms with Gasteiger partial charge in [-0.05, 0) is 19.9 Å². The average Bonchev–Trinajstić information content (AvgIpc) is 2.88. The van der Waals surface area contributed by atoms with Gasteiger partial charge < -0.3 is 9.80 Å². The van der Waals surface area contributed by atoms with Gasteiger partial charge in [0.15, 0.2) is 5.13 Å². The second kappa shape index (κ2) is 7.85. The molecule has 0 spiro atoms. The largest absolute Gasteiger partial charge is 0.346 e. The molecule has 1 fully saturated rings. The summed E-state index contributed by atoms with van der Waals surface area (Å²) in [6.07, 6.45) is 7.90. The van der Waals surface area contributed by atoms with E-state index < -0.39 is 0 Å². The Bertz CT molecular complexity index is 356. The van der Waals surface area contributed by atoms with Crippen molar-refractivity contribution in [2.75, 3.05) is 38.1 Å². The standard InChI is InChI=1S/C15H27N3S/c1-3-4-5-6-7-8-14-13-19-15(16-14)18-11-9-17(2)10-12-18/h13H,3-12H2,1-2H3. The van der Waals surface area contributed by atoms with Crippen LogP contribution >= 0.6 is 11.3 Å². The van der Waals surface area contributed by atoms with E-state index in [0.717, 1.165) is 32.6 Å². The lowest BCUT2D eigenvalue weighted by molar-refractivity contribution is 0.312. The fourth-order valence-corrected chi connectivity index (χ4v) is 3.38. The van der Waals surface area contributed by atoms with Gasteiger partial charge in [0.1, 0.15) is 0 Å². The van der Waals surface area contributed by atoms with E-state index in [1.165, 1.54) is 42.9 Å². The maximum absolute atomic E-state index is 4.80. The van der Waals surface area contributed by atoms with Crippen LogP contribution in [0.2, 0.25) is 0 Å². The first kappa shape index (κ1) is 14.8. The van der Waals surface area contributed by atoms with Crippen LogP contribution in [0.3, 0.4) is 0 Å². The zero-order valence-corrected chi connectivity index (χ0v) is 13.2. The monoisotopic (exact) mass is 281 g/mol. The Balaban J connectivity index is 1.72. The molecule has 0 atom stereocenters. The highest BCUT2D eigenvalue weighted by Gasteiger charge is 2.16. The van der Waals surface area contributed by atoms with E-state index in [2.05, 4.69) is 29.2 Å². The summed E-state index contributed by atoms with van der Waals surface area (Å²) in [4.78, 5) is 9.63. The molecule has 0 saturated carbocycles. The molecule has 1 aromatic heterocycles. The molecule has 19 heavy (non-hydrogen) atoms. The van der Waals surface area contributed by atoms with Crippen molar-refractivity contribution in [3.05, 3.63) is 11.1 Å². The van der Waals surface area contributed by atoms with Crippen LogP contribution in [0.5, 0.6) is 0 Å². The zero-order valence-electron chi connectivity index (χ0n) is 12.4. The smallest absolute Gasteiger partial charge is 0.185 e. The molecule has 0 radical (unpaired) electrons. The minimum absolute atomic E-state index is 1.12. The van der Waals surface area contributed by atoms with Crippen LogP contribution in [0, 0.1) is 0 Å². The lowest BCUT2D eigenvalue weighted by atomic mass is 10.1. The van der Waals surface area contributed by atoms with Crippen molar-refractivity contribution in [2.45, 2.75) is 45.4 Å². The van der Waals surface area contributed by atoms with Gasteiger partial charge in [0.25, 0.3) is 0 Å². The lowest BCUT2D eigenvalue weighted by Crippen LogP contribution is -2.44. The molecule has 0 aliphatic carbocycles. The first-order valence-corrected chi connectivity index (χ1v) is 8.55. The molecule has 4 heteroatoms. The van der Waals surface area contributed by atoms with Gasteiger partial charge in [-0.1, -0.05) is 32.6 Å². The van der Waals surface area contributed by atoms with Crippen LogP contribution in [0.15, 0.2) is 5.38 Å². The summed E-state index contributed by atoms with van der Waals surface area (Å²) in [7, 11) is 2.20. The van der Waals surface area contributed by atoms with E-state index in [0.29, 0.717) is 0 Å². The third-order valence-electron chi connectivity index (χ3n) is 3.85. The van der Waals surface area contributed by atoms with Crippen LogP contribution < -0.4 is 4.90 Å². The normalized spacial score (nSPS) is 17.1. The van der Waals surface area contributed by atoms with E-state index in [4.69, 9.17) is 4.98 Å². The summed E-state index contributed by atoms with van der Waals surface area (Å²) >= 11 is 1.82. The molecule has 0 bridgehead atoms. The van der Waals surface area contributed by atoms with Crippen molar-refractivity contribution >= 4 is 16.5 Å². The van der Waals surface area contributed by atoms with Gasteiger partial charge in [-0.25, -0.2) is 4.98 Å². The third kappa shape index (κ3) is 4.77. The van der Waals surface area contributed by atoms with Gasteiger partial charge in [0.05, 0.1) is 5.69 Å². The quantitative estimate of drug-likeness (QED) is 0.714. The lowest BCUT2D eigenvalue weighted by Gasteiger charge is -2.32. The minimum Gasteiger partial charge on any atom is -0.346 e. The Labute approximate surface area is 121 Å². The van der Waals surface area contributed by atoms with E-state index in [9.17, 15) is 0 Å². The maximum Gasteiger partial charge on any atom is 0.185 e. The number of aromatic nitrogens is 1. The highest BCUT2D eigenvalue weighted by atomic mass is 32.1. The number of thiazole rings is 1. The van der Waals surface area contributed by atoms with Crippen molar-refractivity contribution in [3.63, 3.8) is 0 Å². The zero-order chi connectivity index (χ0) is 13.5. The van der Waals surface area contributed by atoms with Gasteiger partial charge >= 0.3 is 0 Å². The van der Waals surface area contributed by atoms with Crippen LogP contribution in [-0.2, 0) is 6.42 Å². The summed E-state index contributed by atoms with van der Waals surface area (Å²) in [6.45, 7) is 6.83. The van der Waals surface area contributed by atoms with Crippen LogP contribution in [0.25, 0.3) is 0 Å². The van der Waals surface area contributed by atoms with Crippen LogP contribution in [-0.4, -0.2) is 43.1 Å². The summed E-state index contributed by atoms with van der Waals surface area (Å²) in [5.74, 6) is 0. The highest BCUT2D eigenvalue weighted by Crippen LogP contribution is 2.22. The number of aryl methyl sites for hydroxylation is 1. The number of unbranched alkanes of at least 4 members (excludes halogenated alkanes) is 4. The summed E-state index contributed by atoms with van der Waals surface area (Å²) in [5.41, 5.74) is 1.30. The summed E-state index contributed by atoms with van der Waals surface area (Å²) in [6, 6.07) is 0. The predicted molar refractivity (Wildman–Crippen MR) is 84.3 cm³/mol. The number of hydrogen-bond acceptors (Lipinski definition) is 4. The van der Waals surface area contributed by atoms with Crippen molar-refractivity contribution in [2.24, 2.45) is 0 Å². The molecule has 0 amide bonds. The Morgan fingerprint density at radius 3 is 2.58 bits per heavy atom. The molecule has 0 N–H and O–H groups in total. The Hall–Kier alpha value is -0.610. The maximum atomic E-state index is 4.80. The fourth-order valence-electron chi connectivity index (χ4n) is 2.46. The van der Waals surface area contributed by atoms with Crippen LogP contribution in [0.1, 0.15) is 44.7 Å². The number of likely N-dealkylation sites (N-methyl/N-ethyl adjacent to an activating group) is 1. The van der Waals surface area contributed by atoms with Gasteiger partial charge in [-0.2, -0.15) is 0 Å². The van der Waals surface area contributed by atoms with E-state index >= 15 is 0 Å². The molecule has 3 nitrogen and oxygen atoms in total.